The number of nitrogens with zero attached hydrogens (tertiary/aromatic N) is 4. The monoisotopic (exact) mass is 325 g/mol. The maximum atomic E-state index is 11.2. The lowest BCUT2D eigenvalue weighted by molar-refractivity contribution is 0.1000. The predicted octanol–water partition coefficient (Wildman–Crippen LogP) is 2.36. The maximum Gasteiger partial charge on any atom is 0.248 e. The second-order valence-electron chi connectivity index (χ2n) is 5.06. The van der Waals surface area contributed by atoms with E-state index >= 15 is 0 Å². The Balaban J connectivity index is 1.77. The number of nitrogens with two attached hydrogens (primary N) is 1. The standard InChI is InChI=1S/C16H15N5OS/c1-11-5-7-14(8-6-11)21-16(18-19-20-21)23-10-12-3-2-4-13(9-12)15(17)22/h2-9H,10H2,1H3,(H2,17,22). The van der Waals surface area contributed by atoms with Crippen molar-refractivity contribution in [3.63, 3.8) is 0 Å². The molecule has 0 atom stereocenters. The van der Waals surface area contributed by atoms with Crippen molar-refractivity contribution in [2.24, 2.45) is 5.73 Å². The zero-order valence-corrected chi connectivity index (χ0v) is 13.3. The fourth-order valence-electron chi connectivity index (χ4n) is 2.08. The molecule has 0 aliphatic carbocycles. The molecule has 23 heavy (non-hydrogen) atoms. The summed E-state index contributed by atoms with van der Waals surface area (Å²) in [6.45, 7) is 2.03. The van der Waals surface area contributed by atoms with Crippen LogP contribution in [0.15, 0.2) is 53.7 Å². The van der Waals surface area contributed by atoms with Crippen LogP contribution in [0.4, 0.5) is 0 Å². The van der Waals surface area contributed by atoms with Gasteiger partial charge in [0.25, 0.3) is 0 Å². The highest BCUT2D eigenvalue weighted by Crippen LogP contribution is 2.23. The highest BCUT2D eigenvalue weighted by atomic mass is 32.2. The summed E-state index contributed by atoms with van der Waals surface area (Å²) in [6, 6.07) is 15.2. The normalized spacial score (nSPS) is 10.7. The van der Waals surface area contributed by atoms with Gasteiger partial charge in [-0.3, -0.25) is 4.79 Å². The van der Waals surface area contributed by atoms with Crippen molar-refractivity contribution >= 4 is 17.7 Å². The number of hydrogen-bond donors (Lipinski definition) is 1. The Bertz CT molecular complexity index is 828. The van der Waals surface area contributed by atoms with Crippen LogP contribution in [0.5, 0.6) is 0 Å². The number of carbonyl (C=O) groups excluding carboxylic acids is 1. The lowest BCUT2D eigenvalue weighted by Crippen LogP contribution is -2.10. The number of aryl methyl sites for hydroxylation is 1. The predicted molar refractivity (Wildman–Crippen MR) is 88.4 cm³/mol. The first kappa shape index (κ1) is 15.2. The van der Waals surface area contributed by atoms with Gasteiger partial charge in [0.15, 0.2) is 0 Å². The highest BCUT2D eigenvalue weighted by Gasteiger charge is 2.10. The number of hydrogen-bond acceptors (Lipinski definition) is 5. The van der Waals surface area contributed by atoms with Crippen LogP contribution in [-0.4, -0.2) is 26.1 Å². The van der Waals surface area contributed by atoms with Crippen molar-refractivity contribution < 1.29 is 4.79 Å². The third kappa shape index (κ3) is 3.57. The molecule has 1 amide bonds. The van der Waals surface area contributed by atoms with Crippen LogP contribution >= 0.6 is 11.8 Å². The molecule has 6 nitrogen and oxygen atoms in total. The van der Waals surface area contributed by atoms with Crippen molar-refractivity contribution in [1.29, 1.82) is 0 Å². The minimum absolute atomic E-state index is 0.429. The molecule has 3 aromatic rings. The summed E-state index contributed by atoms with van der Waals surface area (Å²) in [6.07, 6.45) is 0. The fraction of sp³-hybridized carbons (Fsp3) is 0.125. The first-order chi connectivity index (χ1) is 11.1. The summed E-state index contributed by atoms with van der Waals surface area (Å²) in [4.78, 5) is 11.2. The smallest absolute Gasteiger partial charge is 0.248 e. The molecule has 0 aliphatic heterocycles. The van der Waals surface area contributed by atoms with Gasteiger partial charge in [-0.15, -0.1) is 5.10 Å². The van der Waals surface area contributed by atoms with Gasteiger partial charge in [-0.25, -0.2) is 0 Å². The number of carbonyl (C=O) groups is 1. The molecular formula is C16H15N5OS. The van der Waals surface area contributed by atoms with Gasteiger partial charge in [0, 0.05) is 11.3 Å². The van der Waals surface area contributed by atoms with E-state index in [1.165, 1.54) is 17.3 Å². The van der Waals surface area contributed by atoms with Gasteiger partial charge in [-0.2, -0.15) is 4.68 Å². The molecule has 0 fully saturated rings. The van der Waals surface area contributed by atoms with Crippen molar-refractivity contribution in [3.8, 4) is 5.69 Å². The van der Waals surface area contributed by atoms with E-state index in [0.29, 0.717) is 16.5 Å². The molecule has 0 saturated carbocycles. The molecule has 2 aromatic carbocycles. The van der Waals surface area contributed by atoms with Gasteiger partial charge >= 0.3 is 0 Å². The average Bonchev–Trinajstić information content (AvgIpc) is 3.02. The van der Waals surface area contributed by atoms with Gasteiger partial charge in [0.2, 0.25) is 11.1 Å². The Morgan fingerprint density at radius 1 is 1.22 bits per heavy atom. The van der Waals surface area contributed by atoms with Crippen LogP contribution in [-0.2, 0) is 5.75 Å². The van der Waals surface area contributed by atoms with E-state index in [1.807, 2.05) is 43.3 Å². The van der Waals surface area contributed by atoms with E-state index < -0.39 is 5.91 Å². The van der Waals surface area contributed by atoms with Gasteiger partial charge in [0.1, 0.15) is 0 Å². The van der Waals surface area contributed by atoms with Gasteiger partial charge < -0.3 is 5.73 Å². The Hall–Kier alpha value is -2.67. The number of thioether (sulfide) groups is 1. The third-order valence-electron chi connectivity index (χ3n) is 3.30. The van der Waals surface area contributed by atoms with Gasteiger partial charge in [-0.05, 0) is 47.2 Å². The van der Waals surface area contributed by atoms with E-state index in [1.54, 1.807) is 16.8 Å². The number of primary amides is 1. The molecule has 0 aliphatic rings. The third-order valence-corrected chi connectivity index (χ3v) is 4.29. The zero-order valence-electron chi connectivity index (χ0n) is 12.5. The Kier molecular flexibility index (Phi) is 4.38. The number of rotatable bonds is 5. The lowest BCUT2D eigenvalue weighted by atomic mass is 10.1. The maximum absolute atomic E-state index is 11.2. The Morgan fingerprint density at radius 3 is 2.74 bits per heavy atom. The quantitative estimate of drug-likeness (QED) is 0.728. The van der Waals surface area contributed by atoms with Crippen LogP contribution in [0.2, 0.25) is 0 Å². The molecule has 0 saturated heterocycles. The number of amides is 1. The SMILES string of the molecule is Cc1ccc(-n2nnnc2SCc2cccc(C(N)=O)c2)cc1. The number of aromatic nitrogens is 4. The van der Waals surface area contributed by atoms with E-state index in [9.17, 15) is 4.79 Å². The van der Waals surface area contributed by atoms with Crippen molar-refractivity contribution in [1.82, 2.24) is 20.2 Å². The lowest BCUT2D eigenvalue weighted by Gasteiger charge is -2.05. The van der Waals surface area contributed by atoms with E-state index in [4.69, 9.17) is 5.73 Å². The summed E-state index contributed by atoms with van der Waals surface area (Å²) in [5.74, 6) is 0.217. The van der Waals surface area contributed by atoms with Crippen LogP contribution in [0.25, 0.3) is 5.69 Å². The number of tetrazole rings is 1. The molecule has 0 unspecified atom stereocenters. The largest absolute Gasteiger partial charge is 0.366 e. The zero-order chi connectivity index (χ0) is 16.2. The molecule has 116 valence electrons. The molecule has 7 heteroatoms. The second kappa shape index (κ2) is 6.62. The first-order valence-corrected chi connectivity index (χ1v) is 7.99. The van der Waals surface area contributed by atoms with Crippen LogP contribution in [0.1, 0.15) is 21.5 Å². The van der Waals surface area contributed by atoms with E-state index in [2.05, 4.69) is 15.5 Å². The first-order valence-electron chi connectivity index (χ1n) is 7.00. The van der Waals surface area contributed by atoms with E-state index in [-0.39, 0.29) is 0 Å². The van der Waals surface area contributed by atoms with Crippen LogP contribution in [0.3, 0.4) is 0 Å². The molecule has 1 heterocycles. The molecule has 0 radical (unpaired) electrons. The van der Waals surface area contributed by atoms with Crippen LogP contribution < -0.4 is 5.73 Å². The Labute approximate surface area is 137 Å². The van der Waals surface area contributed by atoms with E-state index in [0.717, 1.165) is 11.3 Å². The van der Waals surface area contributed by atoms with Crippen LogP contribution in [0, 0.1) is 6.92 Å². The molecule has 1 aromatic heterocycles. The van der Waals surface area contributed by atoms with Gasteiger partial charge in [-0.1, -0.05) is 41.6 Å². The molecule has 0 spiro atoms. The molecule has 3 rings (SSSR count). The minimum Gasteiger partial charge on any atom is -0.366 e. The summed E-state index contributed by atoms with van der Waals surface area (Å²) >= 11 is 1.50. The second-order valence-corrected chi connectivity index (χ2v) is 6.00. The molecule has 2 N–H and O–H groups in total. The Morgan fingerprint density at radius 2 is 2.00 bits per heavy atom. The summed E-state index contributed by atoms with van der Waals surface area (Å²) in [7, 11) is 0. The topological polar surface area (TPSA) is 86.7 Å². The fourth-order valence-corrected chi connectivity index (χ4v) is 2.91. The summed E-state index contributed by atoms with van der Waals surface area (Å²) in [5.41, 5.74) is 8.89. The summed E-state index contributed by atoms with van der Waals surface area (Å²) < 4.78 is 1.70. The number of benzene rings is 2. The van der Waals surface area contributed by atoms with Crippen molar-refractivity contribution in [3.05, 3.63) is 65.2 Å². The molecular weight excluding hydrogens is 310 g/mol. The highest BCUT2D eigenvalue weighted by molar-refractivity contribution is 7.98. The summed E-state index contributed by atoms with van der Waals surface area (Å²) in [5, 5.41) is 12.5. The van der Waals surface area contributed by atoms with Gasteiger partial charge in [0.05, 0.1) is 5.69 Å². The minimum atomic E-state index is -0.429. The average molecular weight is 325 g/mol. The van der Waals surface area contributed by atoms with Crippen molar-refractivity contribution in [2.45, 2.75) is 17.8 Å². The molecule has 0 bridgehead atoms. The van der Waals surface area contributed by atoms with Crippen molar-refractivity contribution in [2.75, 3.05) is 0 Å².